The lowest BCUT2D eigenvalue weighted by atomic mass is 9.80. The lowest BCUT2D eigenvalue weighted by Crippen LogP contribution is -2.49. The van der Waals surface area contributed by atoms with Gasteiger partial charge in [0.2, 0.25) is 0 Å². The first-order chi connectivity index (χ1) is 18.6. The maximum Gasteiger partial charge on any atom is 0.196 e. The number of phenols is 3. The van der Waals surface area contributed by atoms with Gasteiger partial charge < -0.3 is 34.7 Å². The summed E-state index contributed by atoms with van der Waals surface area (Å²) in [5.41, 5.74) is 2.44. The molecule has 3 atom stereocenters. The molecule has 0 amide bonds. The van der Waals surface area contributed by atoms with Crippen LogP contribution in [0.1, 0.15) is 53.9 Å². The Morgan fingerprint density at radius 1 is 1.03 bits per heavy atom. The Balaban J connectivity index is 1.37. The monoisotopic (exact) mass is 528 g/mol. The summed E-state index contributed by atoms with van der Waals surface area (Å²) in [6.07, 6.45) is 2.06. The molecule has 5 N–H and O–H groups in total. The highest BCUT2D eigenvalue weighted by Crippen LogP contribution is 2.45. The Hall–Kier alpha value is -4.27. The molecule has 0 unspecified atom stereocenters. The van der Waals surface area contributed by atoms with E-state index >= 15 is 0 Å². The Morgan fingerprint density at radius 2 is 1.77 bits per heavy atom. The molecule has 8 nitrogen and oxygen atoms in total. The number of hydrogen-bond acceptors (Lipinski definition) is 8. The predicted octanol–water partition coefficient (Wildman–Crippen LogP) is 4.47. The van der Waals surface area contributed by atoms with Gasteiger partial charge >= 0.3 is 0 Å². The fraction of sp³-hybridized carbons (Fsp3) is 0.258. The molecule has 0 saturated heterocycles. The van der Waals surface area contributed by atoms with Crippen molar-refractivity contribution in [3.63, 3.8) is 0 Å². The topological polar surface area (TPSA) is 141 Å². The summed E-state index contributed by atoms with van der Waals surface area (Å²) in [6.45, 7) is 1.83. The van der Waals surface area contributed by atoms with E-state index in [9.17, 15) is 30.3 Å². The Labute approximate surface area is 223 Å². The molecule has 4 aromatic rings. The van der Waals surface area contributed by atoms with Gasteiger partial charge in [-0.15, -0.1) is 0 Å². The minimum absolute atomic E-state index is 0.00160. The van der Waals surface area contributed by atoms with E-state index in [1.807, 2.05) is 19.1 Å². The van der Waals surface area contributed by atoms with Gasteiger partial charge in [0.15, 0.2) is 5.43 Å². The third kappa shape index (κ3) is 4.41. The molecule has 1 aromatic heterocycles. The second-order valence-corrected chi connectivity index (χ2v) is 10.6. The van der Waals surface area contributed by atoms with Crippen LogP contribution in [0.5, 0.6) is 23.0 Å². The van der Waals surface area contributed by atoms with E-state index < -0.39 is 23.2 Å². The molecule has 0 bridgehead atoms. The van der Waals surface area contributed by atoms with Crippen molar-refractivity contribution in [2.75, 3.05) is 0 Å². The first-order valence-corrected chi connectivity index (χ1v) is 12.8. The molecule has 200 valence electrons. The number of hydrogen-bond donors (Lipinski definition) is 5. The molecule has 1 aliphatic carbocycles. The fourth-order valence-electron chi connectivity index (χ4n) is 5.66. The van der Waals surface area contributed by atoms with Crippen LogP contribution in [-0.2, 0) is 12.8 Å². The molecule has 39 heavy (non-hydrogen) atoms. The molecule has 8 heteroatoms. The average Bonchev–Trinajstić information content (AvgIpc) is 2.88. The van der Waals surface area contributed by atoms with Crippen molar-refractivity contribution in [3.05, 3.63) is 98.4 Å². The van der Waals surface area contributed by atoms with Crippen molar-refractivity contribution in [1.29, 1.82) is 0 Å². The number of phenolic OH excluding ortho intramolecular Hbond substituents is 3. The summed E-state index contributed by atoms with van der Waals surface area (Å²) in [6, 6.07) is 14.4. The highest BCUT2D eigenvalue weighted by molar-refractivity contribution is 5.87. The van der Waals surface area contributed by atoms with Crippen molar-refractivity contribution < 1.29 is 34.7 Å². The summed E-state index contributed by atoms with van der Waals surface area (Å²) in [7, 11) is 0. The first-order valence-electron chi connectivity index (χ1n) is 12.8. The van der Waals surface area contributed by atoms with Gasteiger partial charge in [0.1, 0.15) is 51.4 Å². The maximum absolute atomic E-state index is 13.0. The van der Waals surface area contributed by atoms with Crippen molar-refractivity contribution in [1.82, 2.24) is 0 Å². The zero-order chi connectivity index (χ0) is 27.5. The molecule has 0 spiro atoms. The minimum Gasteiger partial charge on any atom is -0.508 e. The van der Waals surface area contributed by atoms with Gasteiger partial charge in [-0.25, -0.2) is 0 Å². The van der Waals surface area contributed by atoms with Crippen LogP contribution < -0.4 is 10.2 Å². The lowest BCUT2D eigenvalue weighted by Gasteiger charge is -2.41. The summed E-state index contributed by atoms with van der Waals surface area (Å²) >= 11 is 0. The van der Waals surface area contributed by atoms with Gasteiger partial charge in [-0.3, -0.25) is 4.79 Å². The summed E-state index contributed by atoms with van der Waals surface area (Å²) in [4.78, 5) is 13.0. The number of aliphatic hydroxyl groups excluding tert-OH is 2. The molecule has 0 radical (unpaired) electrons. The highest BCUT2D eigenvalue weighted by Gasteiger charge is 2.42. The number of aromatic hydroxyl groups is 3. The van der Waals surface area contributed by atoms with Crippen molar-refractivity contribution in [2.24, 2.45) is 0 Å². The number of aliphatic hydroxyl groups is 2. The van der Waals surface area contributed by atoms with Gasteiger partial charge in [0.05, 0.1) is 6.10 Å². The van der Waals surface area contributed by atoms with Crippen LogP contribution in [0.2, 0.25) is 0 Å². The van der Waals surface area contributed by atoms with Crippen LogP contribution in [0, 0.1) is 0 Å². The van der Waals surface area contributed by atoms with Crippen LogP contribution in [0.15, 0.2) is 69.4 Å². The number of rotatable bonds is 4. The van der Waals surface area contributed by atoms with E-state index in [2.05, 4.69) is 18.2 Å². The molecule has 2 aliphatic rings. The number of aryl methyl sites for hydroxylation is 1. The van der Waals surface area contributed by atoms with Crippen molar-refractivity contribution >= 4 is 17.0 Å². The van der Waals surface area contributed by atoms with Gasteiger partial charge in [-0.1, -0.05) is 35.9 Å². The summed E-state index contributed by atoms with van der Waals surface area (Å²) in [5, 5.41) is 52.4. The molecule has 1 aliphatic heterocycles. The average molecular weight is 529 g/mol. The van der Waals surface area contributed by atoms with Crippen LogP contribution >= 0.6 is 0 Å². The zero-order valence-electron chi connectivity index (χ0n) is 21.2. The van der Waals surface area contributed by atoms with E-state index in [0.29, 0.717) is 12.0 Å². The van der Waals surface area contributed by atoms with E-state index in [4.69, 9.17) is 9.15 Å². The van der Waals surface area contributed by atoms with Gasteiger partial charge in [0, 0.05) is 36.6 Å². The minimum atomic E-state index is -1.47. The Morgan fingerprint density at radius 3 is 2.54 bits per heavy atom. The third-order valence-corrected chi connectivity index (χ3v) is 7.74. The van der Waals surface area contributed by atoms with Crippen molar-refractivity contribution in [3.8, 4) is 23.0 Å². The van der Waals surface area contributed by atoms with E-state index in [1.54, 1.807) is 0 Å². The maximum atomic E-state index is 13.0. The molecule has 6 rings (SSSR count). The van der Waals surface area contributed by atoms with Crippen LogP contribution in [0.4, 0.5) is 0 Å². The fourth-order valence-corrected chi connectivity index (χ4v) is 5.66. The molecule has 2 heterocycles. The van der Waals surface area contributed by atoms with Crippen LogP contribution in [0.3, 0.4) is 0 Å². The lowest BCUT2D eigenvalue weighted by molar-refractivity contribution is -0.0543. The smallest absolute Gasteiger partial charge is 0.196 e. The van der Waals surface area contributed by atoms with Gasteiger partial charge in [-0.2, -0.15) is 0 Å². The first kappa shape index (κ1) is 25.0. The third-order valence-electron chi connectivity index (χ3n) is 7.74. The highest BCUT2D eigenvalue weighted by atomic mass is 16.5. The predicted molar refractivity (Wildman–Crippen MR) is 144 cm³/mol. The molecule has 3 aromatic carbocycles. The number of fused-ring (bicyclic) bond motifs is 3. The van der Waals surface area contributed by atoms with Gasteiger partial charge in [-0.05, 0) is 48.6 Å². The molecular formula is C31H28O8. The largest absolute Gasteiger partial charge is 0.508 e. The van der Waals surface area contributed by atoms with Crippen molar-refractivity contribution in [2.45, 2.75) is 50.4 Å². The van der Waals surface area contributed by atoms with E-state index in [-0.39, 0.29) is 51.7 Å². The quantitative estimate of drug-likeness (QED) is 0.261. The number of ether oxygens (including phenoxy) is 1. The molecule has 0 saturated carbocycles. The standard InChI is InChI=1S/C31H28O8/c1-31(15-16-6-7-17-4-2-3-5-18(17)8-16)27(35)12-22-24(39-31)14-25-28(30(22)37)23(34)13-26(38-25)29(36)19-9-20(32)11-21(33)10-19/h2-5,8-11,13-14,27,29,32-33,35-37H,6-7,12,15H2,1H3/t27-,29-,31-/m1/s1. The van der Waals surface area contributed by atoms with E-state index in [1.165, 1.54) is 23.8 Å². The van der Waals surface area contributed by atoms with Gasteiger partial charge in [0.25, 0.3) is 0 Å². The summed E-state index contributed by atoms with van der Waals surface area (Å²) < 4.78 is 12.2. The second kappa shape index (κ2) is 9.18. The summed E-state index contributed by atoms with van der Waals surface area (Å²) in [5.74, 6) is -0.710. The Kier molecular flexibility index (Phi) is 5.89. The van der Waals surface area contributed by atoms with Crippen LogP contribution in [-0.4, -0.2) is 37.2 Å². The molecular weight excluding hydrogens is 500 g/mol. The Bertz CT molecular complexity index is 1680. The van der Waals surface area contributed by atoms with Crippen LogP contribution in [0.25, 0.3) is 17.0 Å². The normalized spacial score (nSPS) is 21.0. The molecule has 0 fully saturated rings. The zero-order valence-corrected chi connectivity index (χ0v) is 21.2. The second-order valence-electron chi connectivity index (χ2n) is 10.6. The number of benzene rings is 3. The SMILES string of the molecule is C[C@]1(CC2=Cc3ccccc3CC2)Oc2cc3oc([C@H](O)c4cc(O)cc(O)c4)cc(=O)c3c(O)c2C[C@H]1O. The van der Waals surface area contributed by atoms with E-state index in [0.717, 1.165) is 36.1 Å².